The third-order valence-electron chi connectivity index (χ3n) is 2.55. The van der Waals surface area contributed by atoms with Crippen molar-refractivity contribution in [2.75, 3.05) is 12.8 Å². The maximum absolute atomic E-state index is 5.91. The number of rotatable bonds is 3. The molecule has 0 aliphatic rings. The first kappa shape index (κ1) is 15.8. The molecule has 8 heteroatoms. The van der Waals surface area contributed by atoms with E-state index in [0.717, 1.165) is 5.56 Å². The first-order valence-electron chi connectivity index (χ1n) is 5.78. The highest BCUT2D eigenvalue weighted by Gasteiger charge is 2.26. The number of nitrogens with two attached hydrogens (primary N) is 1. The molecule has 0 radical (unpaired) electrons. The van der Waals surface area contributed by atoms with E-state index in [1.54, 1.807) is 31.4 Å². The molecule has 0 aliphatic carbocycles. The van der Waals surface area contributed by atoms with Gasteiger partial charge in [0.15, 0.2) is 11.6 Å². The van der Waals surface area contributed by atoms with E-state index in [-0.39, 0.29) is 5.82 Å². The third kappa shape index (κ3) is 4.20. The lowest BCUT2D eigenvalue weighted by molar-refractivity contribution is 0.415. The number of benzene rings is 1. The number of hydrogen-bond donors (Lipinski definition) is 1. The molecule has 2 N–H and O–H groups in total. The molecule has 1 aromatic heterocycles. The summed E-state index contributed by atoms with van der Waals surface area (Å²) in [5.74, 6) is 1.11. The Kier molecular flexibility index (Phi) is 4.88. The molecule has 110 valence electrons. The molecule has 1 aromatic carbocycles. The topological polar surface area (TPSA) is 73.9 Å². The molecule has 0 atom stereocenters. The number of methoxy groups -OCH3 is 1. The first-order chi connectivity index (χ1) is 9.90. The van der Waals surface area contributed by atoms with Crippen molar-refractivity contribution in [2.24, 2.45) is 0 Å². The van der Waals surface area contributed by atoms with Crippen LogP contribution in [0.3, 0.4) is 0 Å². The lowest BCUT2D eigenvalue weighted by Gasteiger charge is -2.08. The van der Waals surface area contributed by atoms with Gasteiger partial charge in [0.2, 0.25) is 3.79 Å². The zero-order valence-electron chi connectivity index (χ0n) is 10.9. The summed E-state index contributed by atoms with van der Waals surface area (Å²) in [6.07, 6.45) is 4.69. The van der Waals surface area contributed by atoms with Gasteiger partial charge in [-0.3, -0.25) is 0 Å². The van der Waals surface area contributed by atoms with E-state index in [1.807, 2.05) is 6.07 Å². The predicted molar refractivity (Wildman–Crippen MR) is 85.4 cm³/mol. The van der Waals surface area contributed by atoms with Gasteiger partial charge in [0.05, 0.1) is 7.11 Å². The van der Waals surface area contributed by atoms with Gasteiger partial charge in [0, 0.05) is 11.8 Å². The van der Waals surface area contributed by atoms with Crippen LogP contribution in [0.15, 0.2) is 24.5 Å². The molecule has 0 bridgehead atoms. The van der Waals surface area contributed by atoms with Gasteiger partial charge in [0.25, 0.3) is 0 Å². The fraction of sp³-hybridized carbons (Fsp3) is 0.154. The second-order valence-electron chi connectivity index (χ2n) is 3.99. The smallest absolute Gasteiger partial charge is 0.250 e. The Morgan fingerprint density at radius 1 is 1.19 bits per heavy atom. The molecular formula is C13H11Cl3N4O. The summed E-state index contributed by atoms with van der Waals surface area (Å²) in [6, 6.07) is 5.34. The van der Waals surface area contributed by atoms with Crippen molar-refractivity contribution in [1.29, 1.82) is 0 Å². The lowest BCUT2D eigenvalue weighted by atomic mass is 10.1. The number of alkyl halides is 3. The van der Waals surface area contributed by atoms with Gasteiger partial charge in [-0.05, 0) is 29.8 Å². The number of hydrogen-bond acceptors (Lipinski definition) is 5. The summed E-state index contributed by atoms with van der Waals surface area (Å²) in [4.78, 5) is 11.8. The van der Waals surface area contributed by atoms with Crippen molar-refractivity contribution < 1.29 is 4.74 Å². The second-order valence-corrected chi connectivity index (χ2v) is 6.27. The van der Waals surface area contributed by atoms with Gasteiger partial charge in [-0.15, -0.1) is 0 Å². The summed E-state index contributed by atoms with van der Waals surface area (Å²) < 4.78 is 3.40. The van der Waals surface area contributed by atoms with Crippen molar-refractivity contribution in [2.45, 2.75) is 3.79 Å². The predicted octanol–water partition coefficient (Wildman–Crippen LogP) is 3.46. The minimum Gasteiger partial charge on any atom is -0.497 e. The van der Waals surface area contributed by atoms with Crippen LogP contribution in [0, 0.1) is 0 Å². The van der Waals surface area contributed by atoms with Crippen molar-refractivity contribution in [1.82, 2.24) is 15.0 Å². The molecular weight excluding hydrogens is 335 g/mol. The van der Waals surface area contributed by atoms with Crippen LogP contribution in [-0.4, -0.2) is 22.1 Å². The van der Waals surface area contributed by atoms with E-state index in [2.05, 4.69) is 15.0 Å². The Morgan fingerprint density at radius 3 is 2.57 bits per heavy atom. The number of nitrogens with zero attached hydrogens (tertiary/aromatic N) is 3. The number of anilines is 1. The molecule has 2 aromatic rings. The highest BCUT2D eigenvalue weighted by molar-refractivity contribution is 6.66. The Balaban J connectivity index is 2.25. The SMILES string of the molecule is COc1ccc(/C=C/c2ncnc(C(Cl)(Cl)Cl)n2)c(N)c1. The van der Waals surface area contributed by atoms with Crippen LogP contribution in [0.1, 0.15) is 17.2 Å². The molecule has 1 heterocycles. The summed E-state index contributed by atoms with van der Waals surface area (Å²) in [7, 11) is 1.58. The molecule has 0 amide bonds. The van der Waals surface area contributed by atoms with E-state index in [0.29, 0.717) is 17.3 Å². The van der Waals surface area contributed by atoms with E-state index in [1.165, 1.54) is 6.33 Å². The molecule has 0 unspecified atom stereocenters. The van der Waals surface area contributed by atoms with Crippen LogP contribution < -0.4 is 10.5 Å². The molecule has 21 heavy (non-hydrogen) atoms. The zero-order chi connectivity index (χ0) is 15.5. The van der Waals surface area contributed by atoms with E-state index in [4.69, 9.17) is 45.3 Å². The number of ether oxygens (including phenoxy) is 1. The Labute approximate surface area is 136 Å². The quantitative estimate of drug-likeness (QED) is 0.681. The maximum Gasteiger partial charge on any atom is 0.250 e. The molecule has 0 saturated heterocycles. The van der Waals surface area contributed by atoms with E-state index < -0.39 is 3.79 Å². The molecule has 0 spiro atoms. The average molecular weight is 346 g/mol. The summed E-state index contributed by atoms with van der Waals surface area (Å²) in [5, 5.41) is 0. The molecule has 0 fully saturated rings. The van der Waals surface area contributed by atoms with Gasteiger partial charge in [-0.25, -0.2) is 15.0 Å². The first-order valence-corrected chi connectivity index (χ1v) is 6.91. The number of nitrogen functional groups attached to an aromatic ring is 1. The van der Waals surface area contributed by atoms with Gasteiger partial charge in [-0.1, -0.05) is 34.8 Å². The van der Waals surface area contributed by atoms with Crippen LogP contribution in [0.4, 0.5) is 5.69 Å². The normalized spacial score (nSPS) is 11.8. The Hall–Kier alpha value is -1.56. The van der Waals surface area contributed by atoms with E-state index >= 15 is 0 Å². The van der Waals surface area contributed by atoms with Crippen molar-refractivity contribution in [3.8, 4) is 5.75 Å². The van der Waals surface area contributed by atoms with Crippen LogP contribution in [0.25, 0.3) is 12.2 Å². The average Bonchev–Trinajstić information content (AvgIpc) is 2.45. The van der Waals surface area contributed by atoms with Gasteiger partial charge in [-0.2, -0.15) is 0 Å². The van der Waals surface area contributed by atoms with Crippen LogP contribution in [-0.2, 0) is 3.79 Å². The second kappa shape index (κ2) is 6.47. The van der Waals surface area contributed by atoms with Crippen LogP contribution in [0.5, 0.6) is 5.75 Å². The fourth-order valence-electron chi connectivity index (χ4n) is 1.52. The summed E-state index contributed by atoms with van der Waals surface area (Å²) in [6.45, 7) is 0. The monoisotopic (exact) mass is 344 g/mol. The van der Waals surface area contributed by atoms with E-state index in [9.17, 15) is 0 Å². The summed E-state index contributed by atoms with van der Waals surface area (Å²) >= 11 is 17.2. The largest absolute Gasteiger partial charge is 0.497 e. The highest BCUT2D eigenvalue weighted by Crippen LogP contribution is 2.35. The Morgan fingerprint density at radius 2 is 1.95 bits per heavy atom. The standard InChI is InChI=1S/C13H11Cl3N4O/c1-21-9-4-2-8(10(17)6-9)3-5-11-18-7-19-12(20-11)13(14,15)16/h2-7H,17H2,1H3/b5-3+. The van der Waals surface area contributed by atoms with Crippen molar-refractivity contribution in [3.63, 3.8) is 0 Å². The van der Waals surface area contributed by atoms with Gasteiger partial charge in [0.1, 0.15) is 12.1 Å². The highest BCUT2D eigenvalue weighted by atomic mass is 35.6. The van der Waals surface area contributed by atoms with Crippen LogP contribution >= 0.6 is 34.8 Å². The molecule has 0 aliphatic heterocycles. The lowest BCUT2D eigenvalue weighted by Crippen LogP contribution is -2.08. The fourth-order valence-corrected chi connectivity index (χ4v) is 1.79. The maximum atomic E-state index is 5.91. The number of aromatic nitrogens is 3. The van der Waals surface area contributed by atoms with Gasteiger partial charge < -0.3 is 10.5 Å². The third-order valence-corrected chi connectivity index (χ3v) is 3.06. The Bertz CT molecular complexity index is 671. The van der Waals surface area contributed by atoms with Crippen molar-refractivity contribution >= 4 is 52.6 Å². The molecule has 2 rings (SSSR count). The van der Waals surface area contributed by atoms with Crippen LogP contribution in [0.2, 0.25) is 0 Å². The van der Waals surface area contributed by atoms with Crippen molar-refractivity contribution in [3.05, 3.63) is 41.7 Å². The van der Waals surface area contributed by atoms with Gasteiger partial charge >= 0.3 is 0 Å². The minimum atomic E-state index is -1.69. The number of halogens is 3. The summed E-state index contributed by atoms with van der Waals surface area (Å²) in [5.41, 5.74) is 7.28. The zero-order valence-corrected chi connectivity index (χ0v) is 13.2. The minimum absolute atomic E-state index is 0.0600. The molecule has 5 nitrogen and oxygen atoms in total. The molecule has 0 saturated carbocycles.